The van der Waals surface area contributed by atoms with Gasteiger partial charge in [0.15, 0.2) is 0 Å². The molecule has 0 aromatic heterocycles. The maximum absolute atomic E-state index is 4.41. The second-order valence-corrected chi connectivity index (χ2v) is 7.86. The van der Waals surface area contributed by atoms with Crippen molar-refractivity contribution in [2.24, 2.45) is 17.3 Å². The Morgan fingerprint density at radius 3 is 2.52 bits per heavy atom. The van der Waals surface area contributed by atoms with Crippen LogP contribution in [0.3, 0.4) is 0 Å². The van der Waals surface area contributed by atoms with Gasteiger partial charge in [0.2, 0.25) is 0 Å². The fraction of sp³-hybridized carbons (Fsp3) is 0.600. The van der Waals surface area contributed by atoms with Gasteiger partial charge >= 0.3 is 0 Å². The van der Waals surface area contributed by atoms with Crippen molar-refractivity contribution >= 4 is 0 Å². The van der Waals surface area contributed by atoms with Gasteiger partial charge in [0.1, 0.15) is 0 Å². The summed E-state index contributed by atoms with van der Waals surface area (Å²) < 4.78 is 0. The quantitative estimate of drug-likeness (QED) is 0.676. The molecule has 3 rings (SSSR count). The molecular formula is C20H29N. The molecule has 0 N–H and O–H groups in total. The number of rotatable bonds is 7. The van der Waals surface area contributed by atoms with Crippen molar-refractivity contribution in [2.75, 3.05) is 13.1 Å². The van der Waals surface area contributed by atoms with Crippen LogP contribution in [0.4, 0.5) is 0 Å². The lowest BCUT2D eigenvalue weighted by molar-refractivity contribution is 0.243. The summed E-state index contributed by atoms with van der Waals surface area (Å²) in [5, 5.41) is 0. The van der Waals surface area contributed by atoms with Gasteiger partial charge in [-0.05, 0) is 48.0 Å². The summed E-state index contributed by atoms with van der Waals surface area (Å²) in [6.45, 7) is 13.8. The third-order valence-electron chi connectivity index (χ3n) is 5.15. The van der Waals surface area contributed by atoms with Crippen LogP contribution in [0, 0.1) is 17.3 Å². The molecule has 2 aliphatic carbocycles. The third kappa shape index (κ3) is 3.33. The number of nitrogens with zero attached hydrogens (tertiary/aromatic N) is 1. The van der Waals surface area contributed by atoms with E-state index in [2.05, 4.69) is 62.6 Å². The summed E-state index contributed by atoms with van der Waals surface area (Å²) in [5.74, 6) is 2.22. The van der Waals surface area contributed by atoms with E-state index < -0.39 is 0 Å². The molecule has 0 bridgehead atoms. The SMILES string of the molecule is C=C(C1CC1)N(CC(C)C)CC1(C)CC1c1ccccc1. The van der Waals surface area contributed by atoms with E-state index in [-0.39, 0.29) is 0 Å². The van der Waals surface area contributed by atoms with Crippen LogP contribution < -0.4 is 0 Å². The van der Waals surface area contributed by atoms with Crippen LogP contribution in [0.2, 0.25) is 0 Å². The Kier molecular flexibility index (Phi) is 3.86. The molecule has 1 aromatic rings. The van der Waals surface area contributed by atoms with Gasteiger partial charge in [-0.2, -0.15) is 0 Å². The Morgan fingerprint density at radius 1 is 1.29 bits per heavy atom. The van der Waals surface area contributed by atoms with Gasteiger partial charge in [-0.15, -0.1) is 0 Å². The monoisotopic (exact) mass is 283 g/mol. The van der Waals surface area contributed by atoms with Crippen LogP contribution in [0.1, 0.15) is 51.5 Å². The van der Waals surface area contributed by atoms with Crippen LogP contribution >= 0.6 is 0 Å². The molecule has 1 aromatic carbocycles. The first kappa shape index (κ1) is 14.7. The molecule has 2 saturated carbocycles. The van der Waals surface area contributed by atoms with Crippen molar-refractivity contribution in [3.63, 3.8) is 0 Å². The van der Waals surface area contributed by atoms with Gasteiger partial charge in [-0.3, -0.25) is 0 Å². The highest BCUT2D eigenvalue weighted by Crippen LogP contribution is 2.59. The molecular weight excluding hydrogens is 254 g/mol. The van der Waals surface area contributed by atoms with Crippen molar-refractivity contribution < 1.29 is 0 Å². The van der Waals surface area contributed by atoms with Gasteiger partial charge in [-0.25, -0.2) is 0 Å². The molecule has 0 spiro atoms. The van der Waals surface area contributed by atoms with Crippen molar-refractivity contribution in [3.05, 3.63) is 48.2 Å². The molecule has 0 heterocycles. The normalized spacial score (nSPS) is 27.7. The second kappa shape index (κ2) is 5.51. The molecule has 0 saturated heterocycles. The molecule has 2 unspecified atom stereocenters. The number of allylic oxidation sites excluding steroid dienone is 1. The lowest BCUT2D eigenvalue weighted by Crippen LogP contribution is -2.33. The van der Waals surface area contributed by atoms with Crippen molar-refractivity contribution in [1.82, 2.24) is 4.90 Å². The minimum Gasteiger partial charge on any atom is -0.374 e. The largest absolute Gasteiger partial charge is 0.374 e. The van der Waals surface area contributed by atoms with E-state index >= 15 is 0 Å². The van der Waals surface area contributed by atoms with Crippen molar-refractivity contribution in [1.29, 1.82) is 0 Å². The summed E-state index contributed by atoms with van der Waals surface area (Å²) in [7, 11) is 0. The Bertz CT molecular complexity index is 500. The third-order valence-corrected chi connectivity index (χ3v) is 5.15. The van der Waals surface area contributed by atoms with E-state index in [0.29, 0.717) is 11.3 Å². The molecule has 21 heavy (non-hydrogen) atoms. The highest BCUT2D eigenvalue weighted by atomic mass is 15.2. The second-order valence-electron chi connectivity index (χ2n) is 7.86. The summed E-state index contributed by atoms with van der Waals surface area (Å²) in [4.78, 5) is 2.60. The Morgan fingerprint density at radius 2 is 1.95 bits per heavy atom. The molecule has 114 valence electrons. The maximum Gasteiger partial charge on any atom is 0.0235 e. The average molecular weight is 283 g/mol. The Labute approximate surface area is 130 Å². The van der Waals surface area contributed by atoms with E-state index in [0.717, 1.165) is 18.4 Å². The van der Waals surface area contributed by atoms with Crippen LogP contribution in [-0.4, -0.2) is 18.0 Å². The molecule has 0 radical (unpaired) electrons. The fourth-order valence-electron chi connectivity index (χ4n) is 3.62. The highest BCUT2D eigenvalue weighted by Gasteiger charge is 2.51. The Balaban J connectivity index is 1.67. The van der Waals surface area contributed by atoms with Crippen LogP contribution in [-0.2, 0) is 0 Å². The van der Waals surface area contributed by atoms with Crippen LogP contribution in [0.5, 0.6) is 0 Å². The summed E-state index contributed by atoms with van der Waals surface area (Å²) in [6, 6.07) is 11.0. The minimum atomic E-state index is 0.439. The van der Waals surface area contributed by atoms with Gasteiger partial charge in [0.05, 0.1) is 0 Å². The molecule has 2 fully saturated rings. The number of hydrogen-bond acceptors (Lipinski definition) is 1. The predicted molar refractivity (Wildman–Crippen MR) is 90.2 cm³/mol. The lowest BCUT2D eigenvalue weighted by Gasteiger charge is -2.32. The number of benzene rings is 1. The molecule has 2 aliphatic rings. The van der Waals surface area contributed by atoms with Crippen molar-refractivity contribution in [3.8, 4) is 0 Å². The highest BCUT2D eigenvalue weighted by molar-refractivity contribution is 5.29. The molecule has 0 amide bonds. The zero-order chi connectivity index (χ0) is 15.0. The number of hydrogen-bond donors (Lipinski definition) is 0. The molecule has 0 aliphatic heterocycles. The van der Waals surface area contributed by atoms with Gasteiger partial charge in [-0.1, -0.05) is 57.7 Å². The molecule has 1 nitrogen and oxygen atoms in total. The molecule has 1 heteroatoms. The van der Waals surface area contributed by atoms with Crippen LogP contribution in [0.15, 0.2) is 42.6 Å². The van der Waals surface area contributed by atoms with Gasteiger partial charge in [0, 0.05) is 18.8 Å². The van der Waals surface area contributed by atoms with E-state index in [1.165, 1.54) is 37.1 Å². The Hall–Kier alpha value is -1.24. The molecule has 2 atom stereocenters. The summed E-state index contributed by atoms with van der Waals surface area (Å²) in [5.41, 5.74) is 3.36. The average Bonchev–Trinajstić information content (AvgIpc) is 3.34. The first-order chi connectivity index (χ1) is 9.99. The summed E-state index contributed by atoms with van der Waals surface area (Å²) in [6.07, 6.45) is 4.03. The van der Waals surface area contributed by atoms with E-state index in [1.807, 2.05) is 0 Å². The zero-order valence-corrected chi connectivity index (χ0v) is 13.8. The van der Waals surface area contributed by atoms with Crippen LogP contribution in [0.25, 0.3) is 0 Å². The first-order valence-corrected chi connectivity index (χ1v) is 8.48. The smallest absolute Gasteiger partial charge is 0.0235 e. The van der Waals surface area contributed by atoms with E-state index in [1.54, 1.807) is 0 Å². The van der Waals surface area contributed by atoms with E-state index in [4.69, 9.17) is 0 Å². The topological polar surface area (TPSA) is 3.24 Å². The van der Waals surface area contributed by atoms with E-state index in [9.17, 15) is 0 Å². The predicted octanol–water partition coefficient (Wildman–Crippen LogP) is 5.06. The zero-order valence-electron chi connectivity index (χ0n) is 13.8. The van der Waals surface area contributed by atoms with Gasteiger partial charge < -0.3 is 4.90 Å². The lowest BCUT2D eigenvalue weighted by atomic mass is 9.99. The first-order valence-electron chi connectivity index (χ1n) is 8.48. The maximum atomic E-state index is 4.41. The van der Waals surface area contributed by atoms with Crippen molar-refractivity contribution in [2.45, 2.75) is 46.0 Å². The standard InChI is InChI=1S/C20H29N/c1-15(2)13-21(16(3)17-10-11-17)14-20(4)12-19(20)18-8-6-5-7-9-18/h5-9,15,17,19H,3,10-14H2,1-2,4H3. The summed E-state index contributed by atoms with van der Waals surface area (Å²) >= 11 is 0. The minimum absolute atomic E-state index is 0.439. The van der Waals surface area contributed by atoms with Gasteiger partial charge in [0.25, 0.3) is 0 Å². The fourth-order valence-corrected chi connectivity index (χ4v) is 3.62.